The summed E-state index contributed by atoms with van der Waals surface area (Å²) < 4.78 is 7.28. The van der Waals surface area contributed by atoms with Gasteiger partial charge in [0.2, 0.25) is 0 Å². The fourth-order valence-electron chi connectivity index (χ4n) is 1.86. The monoisotopic (exact) mass is 309 g/mol. The van der Waals surface area contributed by atoms with Crippen LogP contribution in [0, 0.1) is 5.92 Å². The van der Waals surface area contributed by atoms with Crippen LogP contribution in [-0.4, -0.2) is 33.4 Å². The predicted molar refractivity (Wildman–Crippen MR) is 82.9 cm³/mol. The van der Waals surface area contributed by atoms with Crippen LogP contribution in [0.3, 0.4) is 0 Å². The lowest BCUT2D eigenvalue weighted by atomic mass is 10.1. The summed E-state index contributed by atoms with van der Waals surface area (Å²) in [5.74, 6) is 1.26. The van der Waals surface area contributed by atoms with Crippen LogP contribution in [-0.2, 0) is 11.3 Å². The number of nitrogen functional groups attached to an aromatic ring is 1. The Morgan fingerprint density at radius 1 is 1.33 bits per heavy atom. The summed E-state index contributed by atoms with van der Waals surface area (Å²) in [6.45, 7) is 6.25. The van der Waals surface area contributed by atoms with Crippen molar-refractivity contribution in [3.63, 3.8) is 0 Å². The first-order valence-electron chi connectivity index (χ1n) is 6.97. The normalized spacial score (nSPS) is 11.2. The first-order chi connectivity index (χ1) is 10.1. The zero-order valence-electron chi connectivity index (χ0n) is 12.3. The molecule has 0 amide bonds. The van der Waals surface area contributed by atoms with E-state index < -0.39 is 0 Å². The van der Waals surface area contributed by atoms with E-state index in [0.29, 0.717) is 35.6 Å². The fraction of sp³-hybridized carbons (Fsp3) is 0.500. The zero-order chi connectivity index (χ0) is 15.2. The average molecular weight is 310 g/mol. The molecule has 0 saturated carbocycles. The highest BCUT2D eigenvalue weighted by Gasteiger charge is 2.12. The van der Waals surface area contributed by atoms with E-state index in [4.69, 9.17) is 22.1 Å². The number of tetrazole rings is 1. The smallest absolute Gasteiger partial charge is 0.184 e. The zero-order valence-corrected chi connectivity index (χ0v) is 13.0. The van der Waals surface area contributed by atoms with Crippen molar-refractivity contribution in [3.8, 4) is 11.4 Å². The minimum Gasteiger partial charge on any atom is -0.398 e. The Balaban J connectivity index is 1.98. The van der Waals surface area contributed by atoms with Gasteiger partial charge in [-0.15, -0.1) is 5.10 Å². The van der Waals surface area contributed by atoms with Crippen LogP contribution in [0.15, 0.2) is 18.2 Å². The number of rotatable bonds is 7. The van der Waals surface area contributed by atoms with Gasteiger partial charge in [0.25, 0.3) is 0 Å². The highest BCUT2D eigenvalue weighted by Crippen LogP contribution is 2.26. The van der Waals surface area contributed by atoms with E-state index in [0.717, 1.165) is 18.6 Å². The van der Waals surface area contributed by atoms with Gasteiger partial charge in [0.15, 0.2) is 5.82 Å². The average Bonchev–Trinajstić information content (AvgIpc) is 2.86. The molecule has 1 heterocycles. The van der Waals surface area contributed by atoms with Gasteiger partial charge in [-0.2, -0.15) is 0 Å². The first kappa shape index (κ1) is 15.7. The SMILES string of the molecule is CC(C)CCOCCn1nnnc1-c1ccc(Cl)cc1N. The molecule has 0 saturated heterocycles. The lowest BCUT2D eigenvalue weighted by Crippen LogP contribution is -2.11. The van der Waals surface area contributed by atoms with E-state index in [2.05, 4.69) is 29.4 Å². The lowest BCUT2D eigenvalue weighted by Gasteiger charge is -2.09. The molecule has 0 bridgehead atoms. The second kappa shape index (κ2) is 7.38. The number of benzene rings is 1. The van der Waals surface area contributed by atoms with Gasteiger partial charge in [-0.1, -0.05) is 25.4 Å². The molecule has 0 fully saturated rings. The highest BCUT2D eigenvalue weighted by molar-refractivity contribution is 6.31. The van der Waals surface area contributed by atoms with Gasteiger partial charge >= 0.3 is 0 Å². The largest absolute Gasteiger partial charge is 0.398 e. The van der Waals surface area contributed by atoms with Crippen molar-refractivity contribution in [2.45, 2.75) is 26.8 Å². The number of ether oxygens (including phenoxy) is 1. The maximum absolute atomic E-state index is 5.97. The molecule has 0 unspecified atom stereocenters. The number of anilines is 1. The molecule has 6 nitrogen and oxygen atoms in total. The standard InChI is InChI=1S/C14H20ClN5O/c1-10(2)5-7-21-8-6-20-14(17-18-19-20)12-4-3-11(15)9-13(12)16/h3-4,9-10H,5-8,16H2,1-2H3. The minimum absolute atomic E-state index is 0.555. The van der Waals surface area contributed by atoms with Gasteiger partial charge < -0.3 is 10.5 Å². The van der Waals surface area contributed by atoms with Crippen LogP contribution in [0.4, 0.5) is 5.69 Å². The summed E-state index contributed by atoms with van der Waals surface area (Å²) in [4.78, 5) is 0. The number of nitrogens with two attached hydrogens (primary N) is 1. The van der Waals surface area contributed by atoms with Gasteiger partial charge in [0, 0.05) is 22.9 Å². The van der Waals surface area contributed by atoms with Crippen LogP contribution < -0.4 is 5.73 Å². The van der Waals surface area contributed by atoms with E-state index >= 15 is 0 Å². The second-order valence-corrected chi connectivity index (χ2v) is 5.69. The summed E-state index contributed by atoms with van der Waals surface area (Å²) >= 11 is 5.90. The Bertz CT molecular complexity index is 584. The van der Waals surface area contributed by atoms with Crippen molar-refractivity contribution in [1.29, 1.82) is 0 Å². The number of nitrogens with zero attached hydrogens (tertiary/aromatic N) is 4. The summed E-state index contributed by atoms with van der Waals surface area (Å²) in [5, 5.41) is 12.3. The van der Waals surface area contributed by atoms with Crippen LogP contribution >= 0.6 is 11.6 Å². The molecule has 0 atom stereocenters. The maximum atomic E-state index is 5.97. The number of hydrogen-bond donors (Lipinski definition) is 1. The molecule has 2 rings (SSSR count). The molecule has 1 aromatic heterocycles. The van der Waals surface area contributed by atoms with E-state index in [1.807, 2.05) is 6.07 Å². The van der Waals surface area contributed by atoms with Crippen molar-refractivity contribution in [2.24, 2.45) is 5.92 Å². The van der Waals surface area contributed by atoms with Crippen molar-refractivity contribution in [2.75, 3.05) is 18.9 Å². The highest BCUT2D eigenvalue weighted by atomic mass is 35.5. The summed E-state index contributed by atoms with van der Waals surface area (Å²) in [7, 11) is 0. The summed E-state index contributed by atoms with van der Waals surface area (Å²) in [5.41, 5.74) is 7.29. The molecule has 0 spiro atoms. The molecule has 0 aliphatic heterocycles. The number of halogens is 1. The molecule has 1 aromatic carbocycles. The van der Waals surface area contributed by atoms with E-state index in [9.17, 15) is 0 Å². The van der Waals surface area contributed by atoms with Crippen LogP contribution in [0.5, 0.6) is 0 Å². The van der Waals surface area contributed by atoms with E-state index in [1.54, 1.807) is 16.8 Å². The molecular formula is C14H20ClN5O. The molecule has 2 aromatic rings. The van der Waals surface area contributed by atoms with Gasteiger partial charge in [-0.3, -0.25) is 0 Å². The Labute approximate surface area is 129 Å². The van der Waals surface area contributed by atoms with Gasteiger partial charge in [-0.05, 0) is 41.0 Å². The molecule has 2 N–H and O–H groups in total. The predicted octanol–water partition coefficient (Wildman–Crippen LogP) is 2.64. The number of aromatic nitrogens is 4. The van der Waals surface area contributed by atoms with Crippen molar-refractivity contribution in [3.05, 3.63) is 23.2 Å². The Hall–Kier alpha value is -1.66. The molecular weight excluding hydrogens is 290 g/mol. The Morgan fingerprint density at radius 2 is 2.14 bits per heavy atom. The summed E-state index contributed by atoms with van der Waals surface area (Å²) in [6, 6.07) is 5.28. The Kier molecular flexibility index (Phi) is 5.52. The quantitative estimate of drug-likeness (QED) is 0.628. The van der Waals surface area contributed by atoms with Crippen molar-refractivity contribution in [1.82, 2.24) is 20.2 Å². The molecule has 0 radical (unpaired) electrons. The van der Waals surface area contributed by atoms with Crippen molar-refractivity contribution >= 4 is 17.3 Å². The fourth-order valence-corrected chi connectivity index (χ4v) is 2.04. The van der Waals surface area contributed by atoms with Gasteiger partial charge in [0.05, 0.1) is 13.2 Å². The molecule has 114 valence electrons. The molecule has 0 aliphatic rings. The third-order valence-electron chi connectivity index (χ3n) is 3.07. The maximum Gasteiger partial charge on any atom is 0.184 e. The minimum atomic E-state index is 0.555. The number of hydrogen-bond acceptors (Lipinski definition) is 5. The summed E-state index contributed by atoms with van der Waals surface area (Å²) in [6.07, 6.45) is 1.05. The lowest BCUT2D eigenvalue weighted by molar-refractivity contribution is 0.114. The molecule has 21 heavy (non-hydrogen) atoms. The van der Waals surface area contributed by atoms with Gasteiger partial charge in [0.1, 0.15) is 0 Å². The first-order valence-corrected chi connectivity index (χ1v) is 7.35. The van der Waals surface area contributed by atoms with E-state index in [1.165, 1.54) is 0 Å². The van der Waals surface area contributed by atoms with Crippen LogP contribution in [0.1, 0.15) is 20.3 Å². The van der Waals surface area contributed by atoms with Crippen LogP contribution in [0.2, 0.25) is 5.02 Å². The van der Waals surface area contributed by atoms with Crippen LogP contribution in [0.25, 0.3) is 11.4 Å². The Morgan fingerprint density at radius 3 is 2.86 bits per heavy atom. The van der Waals surface area contributed by atoms with Gasteiger partial charge in [-0.25, -0.2) is 4.68 Å². The van der Waals surface area contributed by atoms with Crippen molar-refractivity contribution < 1.29 is 4.74 Å². The third kappa shape index (κ3) is 4.41. The third-order valence-corrected chi connectivity index (χ3v) is 3.31. The van der Waals surface area contributed by atoms with E-state index in [-0.39, 0.29) is 0 Å². The topological polar surface area (TPSA) is 78.8 Å². The molecule has 7 heteroatoms. The molecule has 0 aliphatic carbocycles. The second-order valence-electron chi connectivity index (χ2n) is 5.25.